The number of hydrogen-bond acceptors (Lipinski definition) is 2. The van der Waals surface area contributed by atoms with E-state index in [1.165, 1.54) is 0 Å². The van der Waals surface area contributed by atoms with Gasteiger partial charge in [0.1, 0.15) is 5.82 Å². The Kier molecular flexibility index (Phi) is 5.07. The monoisotopic (exact) mass is 425 g/mol. The van der Waals surface area contributed by atoms with Crippen LogP contribution in [0, 0.1) is 0 Å². The molecule has 2 aromatic carbocycles. The average Bonchev–Trinajstić information content (AvgIpc) is 2.79. The van der Waals surface area contributed by atoms with Gasteiger partial charge in [-0.2, -0.15) is 5.10 Å². The molecule has 3 nitrogen and oxygen atoms in total. The number of nitrogens with one attached hydrogen (secondary N) is 1. The average molecular weight is 427 g/mol. The van der Waals surface area contributed by atoms with E-state index >= 15 is 0 Å². The Morgan fingerprint density at radius 3 is 2.50 bits per heavy atom. The van der Waals surface area contributed by atoms with Gasteiger partial charge in [0.2, 0.25) is 0 Å². The van der Waals surface area contributed by atoms with E-state index in [4.69, 9.17) is 51.5 Å². The van der Waals surface area contributed by atoms with Crippen molar-refractivity contribution in [2.45, 2.75) is 19.3 Å². The zero-order valence-electron chi connectivity index (χ0n) is 13.7. The molecule has 134 valence electrons. The van der Waals surface area contributed by atoms with E-state index in [1.54, 1.807) is 12.1 Å². The SMILES string of the molecule is Clc1ccc(-n2nc(-c3ccc(Cl)c(Cl)c3)c3c2NCCCC3)c(Cl)c1. The Bertz CT molecular complexity index is 981. The minimum Gasteiger partial charge on any atom is -0.370 e. The molecule has 0 fully saturated rings. The molecule has 7 heteroatoms. The molecule has 1 aliphatic rings. The maximum Gasteiger partial charge on any atom is 0.133 e. The van der Waals surface area contributed by atoms with E-state index in [-0.39, 0.29) is 0 Å². The molecule has 0 bridgehead atoms. The Morgan fingerprint density at radius 1 is 0.885 bits per heavy atom. The van der Waals surface area contributed by atoms with Crippen molar-refractivity contribution in [2.24, 2.45) is 0 Å². The molecule has 0 radical (unpaired) electrons. The van der Waals surface area contributed by atoms with Crippen LogP contribution in [0.25, 0.3) is 16.9 Å². The Labute approximate surface area is 171 Å². The highest BCUT2D eigenvalue weighted by Crippen LogP contribution is 2.37. The molecule has 3 aromatic rings. The van der Waals surface area contributed by atoms with Crippen LogP contribution in [0.2, 0.25) is 20.1 Å². The first kappa shape index (κ1) is 18.0. The Morgan fingerprint density at radius 2 is 1.73 bits per heavy atom. The third-order valence-corrected chi connectivity index (χ3v) is 5.74. The fourth-order valence-electron chi connectivity index (χ4n) is 3.21. The van der Waals surface area contributed by atoms with Gasteiger partial charge in [0.15, 0.2) is 0 Å². The van der Waals surface area contributed by atoms with Gasteiger partial charge in [0.25, 0.3) is 0 Å². The molecule has 1 aromatic heterocycles. The summed E-state index contributed by atoms with van der Waals surface area (Å²) in [6, 6.07) is 11.0. The van der Waals surface area contributed by atoms with Crippen molar-refractivity contribution in [3.05, 3.63) is 62.1 Å². The third-order valence-electron chi connectivity index (χ3n) is 4.46. The highest BCUT2D eigenvalue weighted by Gasteiger charge is 2.23. The first-order valence-electron chi connectivity index (χ1n) is 8.31. The number of halogens is 4. The molecule has 4 rings (SSSR count). The zero-order valence-corrected chi connectivity index (χ0v) is 16.7. The van der Waals surface area contributed by atoms with E-state index in [1.807, 2.05) is 28.9 Å². The molecule has 26 heavy (non-hydrogen) atoms. The van der Waals surface area contributed by atoms with Crippen LogP contribution >= 0.6 is 46.4 Å². The first-order valence-corrected chi connectivity index (χ1v) is 9.82. The van der Waals surface area contributed by atoms with Crippen LogP contribution in [0.4, 0.5) is 5.82 Å². The second-order valence-electron chi connectivity index (χ2n) is 6.20. The first-order chi connectivity index (χ1) is 12.5. The number of hydrogen-bond donors (Lipinski definition) is 1. The predicted molar refractivity (Wildman–Crippen MR) is 110 cm³/mol. The molecule has 0 atom stereocenters. The van der Waals surface area contributed by atoms with E-state index < -0.39 is 0 Å². The summed E-state index contributed by atoms with van der Waals surface area (Å²) >= 11 is 24.8. The van der Waals surface area contributed by atoms with Gasteiger partial charge in [-0.1, -0.05) is 52.5 Å². The van der Waals surface area contributed by atoms with Crippen molar-refractivity contribution in [1.29, 1.82) is 0 Å². The molecule has 0 saturated carbocycles. The summed E-state index contributed by atoms with van der Waals surface area (Å²) in [6.45, 7) is 0.894. The topological polar surface area (TPSA) is 29.9 Å². The summed E-state index contributed by atoms with van der Waals surface area (Å²) in [4.78, 5) is 0. The van der Waals surface area contributed by atoms with Gasteiger partial charge in [0.05, 0.1) is 26.4 Å². The second-order valence-corrected chi connectivity index (χ2v) is 7.85. The van der Waals surface area contributed by atoms with Gasteiger partial charge >= 0.3 is 0 Å². The molecule has 0 amide bonds. The molecule has 1 aliphatic heterocycles. The summed E-state index contributed by atoms with van der Waals surface area (Å²) in [5.74, 6) is 0.966. The van der Waals surface area contributed by atoms with E-state index in [0.29, 0.717) is 20.1 Å². The maximum absolute atomic E-state index is 6.44. The highest BCUT2D eigenvalue weighted by atomic mass is 35.5. The molecule has 1 N–H and O–H groups in total. The van der Waals surface area contributed by atoms with Gasteiger partial charge in [-0.3, -0.25) is 0 Å². The van der Waals surface area contributed by atoms with Gasteiger partial charge < -0.3 is 5.32 Å². The number of anilines is 1. The number of benzene rings is 2. The summed E-state index contributed by atoms with van der Waals surface area (Å²) in [5.41, 5.74) is 3.77. The zero-order chi connectivity index (χ0) is 18.3. The molecule has 0 spiro atoms. The summed E-state index contributed by atoms with van der Waals surface area (Å²) in [5, 5.41) is 10.5. The number of aromatic nitrogens is 2. The molecule has 2 heterocycles. The summed E-state index contributed by atoms with van der Waals surface area (Å²) < 4.78 is 1.86. The van der Waals surface area contributed by atoms with Gasteiger partial charge in [-0.15, -0.1) is 0 Å². The van der Waals surface area contributed by atoms with Gasteiger partial charge in [0, 0.05) is 22.7 Å². The van der Waals surface area contributed by atoms with Crippen molar-refractivity contribution in [2.75, 3.05) is 11.9 Å². The summed E-state index contributed by atoms with van der Waals surface area (Å²) in [6.07, 6.45) is 3.13. The van der Waals surface area contributed by atoms with E-state index in [0.717, 1.165) is 54.1 Å². The summed E-state index contributed by atoms with van der Waals surface area (Å²) in [7, 11) is 0. The molecular weight excluding hydrogens is 412 g/mol. The largest absolute Gasteiger partial charge is 0.370 e. The third kappa shape index (κ3) is 3.29. The van der Waals surface area contributed by atoms with Gasteiger partial charge in [-0.05, 0) is 49.6 Å². The van der Waals surface area contributed by atoms with Crippen LogP contribution < -0.4 is 5.32 Å². The van der Waals surface area contributed by atoms with E-state index in [2.05, 4.69) is 5.32 Å². The van der Waals surface area contributed by atoms with Crippen LogP contribution in [0.3, 0.4) is 0 Å². The standard InChI is InChI=1S/C19H15Cl4N3/c20-12-5-7-17(16(23)10-12)26-19-13(3-1-2-8-24-19)18(25-26)11-4-6-14(21)15(22)9-11/h4-7,9-10,24H,1-3,8H2. The van der Waals surface area contributed by atoms with E-state index in [9.17, 15) is 0 Å². The normalized spacial score (nSPS) is 13.8. The second kappa shape index (κ2) is 7.32. The number of rotatable bonds is 2. The Balaban J connectivity index is 1.93. The quantitative estimate of drug-likeness (QED) is 0.482. The lowest BCUT2D eigenvalue weighted by Gasteiger charge is -2.10. The minimum atomic E-state index is 0.513. The van der Waals surface area contributed by atoms with Crippen molar-refractivity contribution in [3.63, 3.8) is 0 Å². The van der Waals surface area contributed by atoms with Crippen molar-refractivity contribution in [1.82, 2.24) is 9.78 Å². The molecular formula is C19H15Cl4N3. The van der Waals surface area contributed by atoms with Crippen molar-refractivity contribution >= 4 is 52.2 Å². The Hall–Kier alpha value is -1.39. The molecule has 0 saturated heterocycles. The minimum absolute atomic E-state index is 0.513. The number of nitrogens with zero attached hydrogens (tertiary/aromatic N) is 2. The van der Waals surface area contributed by atoms with Crippen LogP contribution in [-0.2, 0) is 6.42 Å². The number of fused-ring (bicyclic) bond motifs is 1. The molecule has 0 unspecified atom stereocenters. The fraction of sp³-hybridized carbons (Fsp3) is 0.211. The van der Waals surface area contributed by atoms with Crippen LogP contribution in [0.15, 0.2) is 36.4 Å². The van der Waals surface area contributed by atoms with Crippen molar-refractivity contribution in [3.8, 4) is 16.9 Å². The lowest BCUT2D eigenvalue weighted by atomic mass is 10.0. The highest BCUT2D eigenvalue weighted by molar-refractivity contribution is 6.42. The van der Waals surface area contributed by atoms with Crippen molar-refractivity contribution < 1.29 is 0 Å². The fourth-order valence-corrected chi connectivity index (χ4v) is 3.99. The lowest BCUT2D eigenvalue weighted by molar-refractivity contribution is 0.780. The predicted octanol–water partition coefficient (Wildman–Crippen LogP) is 6.90. The van der Waals surface area contributed by atoms with Crippen LogP contribution in [-0.4, -0.2) is 16.3 Å². The maximum atomic E-state index is 6.44. The van der Waals surface area contributed by atoms with Crippen LogP contribution in [0.1, 0.15) is 18.4 Å². The van der Waals surface area contributed by atoms with Crippen LogP contribution in [0.5, 0.6) is 0 Å². The molecule has 0 aliphatic carbocycles. The smallest absolute Gasteiger partial charge is 0.133 e. The lowest BCUT2D eigenvalue weighted by Crippen LogP contribution is -2.07. The van der Waals surface area contributed by atoms with Gasteiger partial charge in [-0.25, -0.2) is 4.68 Å².